The highest BCUT2D eigenvalue weighted by Crippen LogP contribution is 2.31. The SMILES string of the molecule is COc1ccc(S(=O)(=O)N(CC(=O)Nc2cc(S(=O)(=O)N3CCOCC3)ccc2OC)c2ccccc2F)cc1. The zero-order valence-corrected chi connectivity index (χ0v) is 23.4. The highest BCUT2D eigenvalue weighted by molar-refractivity contribution is 7.92. The second-order valence-corrected chi connectivity index (χ2v) is 12.4. The average molecular weight is 594 g/mol. The molecular formula is C26H28FN3O8S2. The van der Waals surface area contributed by atoms with Crippen molar-refractivity contribution in [2.45, 2.75) is 9.79 Å². The van der Waals surface area contributed by atoms with Crippen molar-refractivity contribution in [3.63, 3.8) is 0 Å². The first kappa shape index (κ1) is 29.3. The monoisotopic (exact) mass is 593 g/mol. The number of carbonyl (C=O) groups is 1. The average Bonchev–Trinajstić information content (AvgIpc) is 2.96. The van der Waals surface area contributed by atoms with Crippen LogP contribution in [0, 0.1) is 5.82 Å². The number of nitrogens with zero attached hydrogens (tertiary/aromatic N) is 2. The van der Waals surface area contributed by atoms with Crippen molar-refractivity contribution < 1.29 is 40.2 Å². The lowest BCUT2D eigenvalue weighted by molar-refractivity contribution is -0.114. The fourth-order valence-corrected chi connectivity index (χ4v) is 6.89. The Hall–Kier alpha value is -3.72. The van der Waals surface area contributed by atoms with E-state index in [1.807, 2.05) is 0 Å². The van der Waals surface area contributed by atoms with Gasteiger partial charge in [-0.3, -0.25) is 9.10 Å². The van der Waals surface area contributed by atoms with Gasteiger partial charge >= 0.3 is 0 Å². The number of hydrogen-bond acceptors (Lipinski definition) is 8. The molecule has 0 unspecified atom stereocenters. The number of hydrogen-bond donors (Lipinski definition) is 1. The van der Waals surface area contributed by atoms with E-state index in [0.717, 1.165) is 6.07 Å². The second kappa shape index (κ2) is 12.2. The number of methoxy groups -OCH3 is 2. The van der Waals surface area contributed by atoms with Gasteiger partial charge in [0.2, 0.25) is 15.9 Å². The molecule has 0 spiro atoms. The van der Waals surface area contributed by atoms with Crippen molar-refractivity contribution in [1.82, 2.24) is 4.31 Å². The van der Waals surface area contributed by atoms with Gasteiger partial charge in [-0.1, -0.05) is 12.1 Å². The Morgan fingerprint density at radius 2 is 1.60 bits per heavy atom. The summed E-state index contributed by atoms with van der Waals surface area (Å²) in [6.45, 7) is 0.0493. The van der Waals surface area contributed by atoms with Crippen LogP contribution in [0.5, 0.6) is 11.5 Å². The summed E-state index contributed by atoms with van der Waals surface area (Å²) >= 11 is 0. The first-order valence-corrected chi connectivity index (χ1v) is 14.9. The summed E-state index contributed by atoms with van der Waals surface area (Å²) in [6.07, 6.45) is 0. The molecule has 14 heteroatoms. The molecule has 3 aromatic rings. The van der Waals surface area contributed by atoms with Crippen LogP contribution in [0.25, 0.3) is 0 Å². The minimum atomic E-state index is -4.42. The van der Waals surface area contributed by atoms with E-state index < -0.39 is 38.3 Å². The molecule has 1 aliphatic heterocycles. The number of amides is 1. The number of benzene rings is 3. The van der Waals surface area contributed by atoms with Gasteiger partial charge in [-0.2, -0.15) is 4.31 Å². The Morgan fingerprint density at radius 3 is 2.23 bits per heavy atom. The molecule has 1 heterocycles. The molecule has 1 fully saturated rings. The van der Waals surface area contributed by atoms with Gasteiger partial charge in [-0.25, -0.2) is 21.2 Å². The number of rotatable bonds is 10. The van der Waals surface area contributed by atoms with Crippen LogP contribution in [0.2, 0.25) is 0 Å². The van der Waals surface area contributed by atoms with Gasteiger partial charge in [0.05, 0.1) is 48.6 Å². The first-order chi connectivity index (χ1) is 19.1. The van der Waals surface area contributed by atoms with E-state index in [4.69, 9.17) is 14.2 Å². The Kier molecular flexibility index (Phi) is 8.93. The number of halogens is 1. The topological polar surface area (TPSA) is 132 Å². The van der Waals surface area contributed by atoms with Crippen molar-refractivity contribution in [3.05, 3.63) is 72.5 Å². The highest BCUT2D eigenvalue weighted by Gasteiger charge is 2.31. The number of morpholine rings is 1. The van der Waals surface area contributed by atoms with Crippen LogP contribution in [0.3, 0.4) is 0 Å². The maximum Gasteiger partial charge on any atom is 0.264 e. The lowest BCUT2D eigenvalue weighted by Crippen LogP contribution is -2.40. The normalized spacial score (nSPS) is 14.4. The Labute approximate surface area is 232 Å². The minimum absolute atomic E-state index is 0.00263. The van der Waals surface area contributed by atoms with Gasteiger partial charge in [0.15, 0.2) is 0 Å². The molecule has 1 saturated heterocycles. The number of para-hydroxylation sites is 1. The molecule has 0 aliphatic carbocycles. The number of nitrogens with one attached hydrogen (secondary N) is 1. The minimum Gasteiger partial charge on any atom is -0.497 e. The number of carbonyl (C=O) groups excluding carboxylic acids is 1. The van der Waals surface area contributed by atoms with Crippen molar-refractivity contribution in [2.24, 2.45) is 0 Å². The van der Waals surface area contributed by atoms with Crippen LogP contribution in [-0.4, -0.2) is 74.1 Å². The first-order valence-electron chi connectivity index (χ1n) is 12.0. The van der Waals surface area contributed by atoms with E-state index in [1.165, 1.54) is 79.2 Å². The highest BCUT2D eigenvalue weighted by atomic mass is 32.2. The maximum atomic E-state index is 14.8. The summed E-state index contributed by atoms with van der Waals surface area (Å²) in [5, 5.41) is 2.52. The molecule has 11 nitrogen and oxygen atoms in total. The molecule has 0 aromatic heterocycles. The van der Waals surface area contributed by atoms with E-state index in [-0.39, 0.29) is 53.2 Å². The lowest BCUT2D eigenvalue weighted by Gasteiger charge is -2.26. The Bertz CT molecular complexity index is 1580. The maximum absolute atomic E-state index is 14.8. The Balaban J connectivity index is 1.66. The quantitative estimate of drug-likeness (QED) is 0.380. The van der Waals surface area contributed by atoms with Crippen LogP contribution in [0.1, 0.15) is 0 Å². The molecule has 4 rings (SSSR count). The van der Waals surface area contributed by atoms with Gasteiger partial charge in [-0.05, 0) is 54.6 Å². The molecule has 1 amide bonds. The van der Waals surface area contributed by atoms with Gasteiger partial charge in [-0.15, -0.1) is 0 Å². The van der Waals surface area contributed by atoms with E-state index in [2.05, 4.69) is 5.32 Å². The van der Waals surface area contributed by atoms with E-state index in [0.29, 0.717) is 10.1 Å². The summed E-state index contributed by atoms with van der Waals surface area (Å²) in [6, 6.07) is 14.5. The van der Waals surface area contributed by atoms with E-state index in [1.54, 1.807) is 0 Å². The van der Waals surface area contributed by atoms with Gasteiger partial charge in [0.25, 0.3) is 10.0 Å². The molecule has 1 aliphatic rings. The van der Waals surface area contributed by atoms with Crippen LogP contribution in [0.15, 0.2) is 76.5 Å². The van der Waals surface area contributed by atoms with E-state index >= 15 is 0 Å². The van der Waals surface area contributed by atoms with Crippen molar-refractivity contribution >= 4 is 37.3 Å². The smallest absolute Gasteiger partial charge is 0.264 e. The fourth-order valence-electron chi connectivity index (χ4n) is 4.03. The van der Waals surface area contributed by atoms with Crippen LogP contribution in [0.4, 0.5) is 15.8 Å². The second-order valence-electron chi connectivity index (χ2n) is 8.57. The predicted octanol–water partition coefficient (Wildman–Crippen LogP) is 2.70. The number of ether oxygens (including phenoxy) is 3. The van der Waals surface area contributed by atoms with Crippen molar-refractivity contribution in [3.8, 4) is 11.5 Å². The zero-order chi connectivity index (χ0) is 28.9. The Morgan fingerprint density at radius 1 is 0.950 bits per heavy atom. The predicted molar refractivity (Wildman–Crippen MR) is 145 cm³/mol. The molecule has 3 aromatic carbocycles. The zero-order valence-electron chi connectivity index (χ0n) is 21.7. The standard InChI is InChI=1S/C26H28FN3O8S2/c1-36-19-7-9-20(10-8-19)40(34,35)30(24-6-4-3-5-22(24)27)18-26(31)28-23-17-21(11-12-25(23)37-2)39(32,33)29-13-15-38-16-14-29/h3-12,17H,13-16,18H2,1-2H3,(H,28,31). The van der Waals surface area contributed by atoms with Crippen LogP contribution >= 0.6 is 0 Å². The lowest BCUT2D eigenvalue weighted by atomic mass is 10.3. The number of anilines is 2. The summed E-state index contributed by atoms with van der Waals surface area (Å²) in [4.78, 5) is 12.9. The number of sulfonamides is 2. The molecule has 214 valence electrons. The van der Waals surface area contributed by atoms with Crippen molar-refractivity contribution in [1.29, 1.82) is 0 Å². The molecular weight excluding hydrogens is 565 g/mol. The molecule has 1 N–H and O–H groups in total. The van der Waals surface area contributed by atoms with E-state index in [9.17, 15) is 26.0 Å². The summed E-state index contributed by atoms with van der Waals surface area (Å²) < 4.78 is 85.7. The molecule has 0 bridgehead atoms. The van der Waals surface area contributed by atoms with Crippen LogP contribution < -0.4 is 19.1 Å². The van der Waals surface area contributed by atoms with Gasteiger partial charge in [0, 0.05) is 13.1 Å². The summed E-state index contributed by atoms with van der Waals surface area (Å²) in [5.74, 6) is -1.17. The van der Waals surface area contributed by atoms with Crippen molar-refractivity contribution in [2.75, 3.05) is 56.7 Å². The third kappa shape index (κ3) is 6.20. The third-order valence-electron chi connectivity index (χ3n) is 6.11. The van der Waals surface area contributed by atoms with Gasteiger partial charge < -0.3 is 19.5 Å². The third-order valence-corrected chi connectivity index (χ3v) is 9.78. The largest absolute Gasteiger partial charge is 0.497 e. The molecule has 0 atom stereocenters. The summed E-state index contributed by atoms with van der Waals surface area (Å²) in [5.41, 5.74) is -0.346. The summed E-state index contributed by atoms with van der Waals surface area (Å²) in [7, 11) is -5.56. The fraction of sp³-hybridized carbons (Fsp3) is 0.269. The molecule has 0 saturated carbocycles. The molecule has 0 radical (unpaired) electrons. The van der Waals surface area contributed by atoms with Gasteiger partial charge in [0.1, 0.15) is 23.9 Å². The molecule has 40 heavy (non-hydrogen) atoms. The van der Waals surface area contributed by atoms with Crippen LogP contribution in [-0.2, 0) is 29.6 Å².